The van der Waals surface area contributed by atoms with Gasteiger partial charge in [0.05, 0.1) is 0 Å². The zero-order chi connectivity index (χ0) is 14.9. The number of benzene rings is 1. The van der Waals surface area contributed by atoms with Crippen molar-refractivity contribution in [2.24, 2.45) is 0 Å². The van der Waals surface area contributed by atoms with Crippen LogP contribution >= 0.6 is 0 Å². The van der Waals surface area contributed by atoms with E-state index in [-0.39, 0.29) is 11.5 Å². The molecule has 2 aromatic rings. The molecule has 1 aromatic carbocycles. The van der Waals surface area contributed by atoms with Gasteiger partial charge in [0.15, 0.2) is 40.7 Å². The van der Waals surface area contributed by atoms with Crippen molar-refractivity contribution in [1.82, 2.24) is 4.98 Å². The lowest BCUT2D eigenvalue weighted by Crippen LogP contribution is -2.04. The standard InChI is InChI=1S/C12H8F5N3/c1-18-11-8(15)4-9(16)12(20-11)19-5-2-6(13)10(17)7(14)3-5/h2-4H,1H3,(H2,18,19,20). The second-order valence-electron chi connectivity index (χ2n) is 3.78. The summed E-state index contributed by atoms with van der Waals surface area (Å²) >= 11 is 0. The first kappa shape index (κ1) is 14.0. The summed E-state index contributed by atoms with van der Waals surface area (Å²) < 4.78 is 65.5. The number of aromatic nitrogens is 1. The van der Waals surface area contributed by atoms with Crippen molar-refractivity contribution in [2.45, 2.75) is 0 Å². The van der Waals surface area contributed by atoms with Crippen molar-refractivity contribution < 1.29 is 22.0 Å². The zero-order valence-corrected chi connectivity index (χ0v) is 10.1. The van der Waals surface area contributed by atoms with E-state index in [0.29, 0.717) is 18.2 Å². The minimum absolute atomic E-state index is 0.253. The molecule has 0 atom stereocenters. The molecule has 1 heterocycles. The van der Waals surface area contributed by atoms with Crippen LogP contribution < -0.4 is 10.6 Å². The minimum Gasteiger partial charge on any atom is -0.371 e. The maximum absolute atomic E-state index is 13.5. The molecule has 0 saturated heterocycles. The Morgan fingerprint density at radius 1 is 0.800 bits per heavy atom. The molecule has 20 heavy (non-hydrogen) atoms. The van der Waals surface area contributed by atoms with Gasteiger partial charge in [-0.3, -0.25) is 0 Å². The molecule has 0 aliphatic rings. The Kier molecular flexibility index (Phi) is 3.73. The van der Waals surface area contributed by atoms with E-state index < -0.39 is 34.9 Å². The Hall–Kier alpha value is -2.38. The lowest BCUT2D eigenvalue weighted by atomic mass is 10.2. The van der Waals surface area contributed by atoms with Gasteiger partial charge < -0.3 is 10.6 Å². The minimum atomic E-state index is -1.64. The molecule has 2 N–H and O–H groups in total. The highest BCUT2D eigenvalue weighted by Gasteiger charge is 2.14. The van der Waals surface area contributed by atoms with E-state index in [1.165, 1.54) is 7.05 Å². The first-order valence-electron chi connectivity index (χ1n) is 5.37. The number of rotatable bonds is 3. The molecule has 106 valence electrons. The van der Waals surface area contributed by atoms with Crippen LogP contribution in [0.25, 0.3) is 0 Å². The lowest BCUT2D eigenvalue weighted by Gasteiger charge is -2.10. The van der Waals surface area contributed by atoms with E-state index >= 15 is 0 Å². The summed E-state index contributed by atoms with van der Waals surface area (Å²) in [5.74, 6) is -7.22. The van der Waals surface area contributed by atoms with Crippen LogP contribution in [0.4, 0.5) is 39.3 Å². The highest BCUT2D eigenvalue weighted by atomic mass is 19.2. The second kappa shape index (κ2) is 5.32. The maximum Gasteiger partial charge on any atom is 0.194 e. The van der Waals surface area contributed by atoms with E-state index in [9.17, 15) is 22.0 Å². The summed E-state index contributed by atoms with van der Waals surface area (Å²) in [6.45, 7) is 0. The van der Waals surface area contributed by atoms with Crippen molar-refractivity contribution in [3.05, 3.63) is 47.3 Å². The number of halogens is 5. The van der Waals surface area contributed by atoms with Gasteiger partial charge in [-0.05, 0) is 0 Å². The third-order valence-electron chi connectivity index (χ3n) is 2.41. The molecule has 8 heteroatoms. The van der Waals surface area contributed by atoms with Crippen molar-refractivity contribution in [3.8, 4) is 0 Å². The summed E-state index contributed by atoms with van der Waals surface area (Å²) in [4.78, 5) is 3.56. The fourth-order valence-electron chi connectivity index (χ4n) is 1.49. The summed E-state index contributed by atoms with van der Waals surface area (Å²) in [6, 6.07) is 1.81. The number of pyridine rings is 1. The smallest absolute Gasteiger partial charge is 0.194 e. The van der Waals surface area contributed by atoms with Crippen molar-refractivity contribution >= 4 is 17.3 Å². The van der Waals surface area contributed by atoms with E-state index in [2.05, 4.69) is 15.6 Å². The Labute approximate surface area is 110 Å². The van der Waals surface area contributed by atoms with Gasteiger partial charge in [0.1, 0.15) is 0 Å². The average Bonchev–Trinajstić information content (AvgIpc) is 2.39. The summed E-state index contributed by atoms with van der Waals surface area (Å²) in [6.07, 6.45) is 0. The van der Waals surface area contributed by atoms with Crippen molar-refractivity contribution in [2.75, 3.05) is 17.7 Å². The molecule has 0 aliphatic heterocycles. The normalized spacial score (nSPS) is 10.5. The van der Waals surface area contributed by atoms with Gasteiger partial charge in [0, 0.05) is 30.9 Å². The predicted molar refractivity (Wildman–Crippen MR) is 63.3 cm³/mol. The first-order chi connectivity index (χ1) is 9.42. The molecule has 0 spiro atoms. The van der Waals surface area contributed by atoms with E-state index in [1.807, 2.05) is 0 Å². The fourth-order valence-corrected chi connectivity index (χ4v) is 1.49. The third kappa shape index (κ3) is 2.63. The second-order valence-corrected chi connectivity index (χ2v) is 3.78. The van der Waals surface area contributed by atoms with Gasteiger partial charge >= 0.3 is 0 Å². The molecule has 3 nitrogen and oxygen atoms in total. The van der Waals surface area contributed by atoms with Gasteiger partial charge in [0.2, 0.25) is 0 Å². The molecular formula is C12H8F5N3. The van der Waals surface area contributed by atoms with Crippen LogP contribution in [0.1, 0.15) is 0 Å². The molecule has 0 amide bonds. The average molecular weight is 289 g/mol. The molecule has 0 radical (unpaired) electrons. The molecule has 2 rings (SSSR count). The maximum atomic E-state index is 13.5. The van der Waals surface area contributed by atoms with Gasteiger partial charge in [-0.2, -0.15) is 0 Å². The van der Waals surface area contributed by atoms with Gasteiger partial charge in [-0.1, -0.05) is 0 Å². The summed E-state index contributed by atoms with van der Waals surface area (Å²) in [7, 11) is 1.37. The Morgan fingerprint density at radius 2 is 1.35 bits per heavy atom. The van der Waals surface area contributed by atoms with Gasteiger partial charge in [-0.15, -0.1) is 0 Å². The van der Waals surface area contributed by atoms with Crippen molar-refractivity contribution in [1.29, 1.82) is 0 Å². The number of hydrogen-bond donors (Lipinski definition) is 2. The van der Waals surface area contributed by atoms with Crippen molar-refractivity contribution in [3.63, 3.8) is 0 Å². The van der Waals surface area contributed by atoms with E-state index in [1.54, 1.807) is 0 Å². The van der Waals surface area contributed by atoms with Gasteiger partial charge in [0.25, 0.3) is 0 Å². The van der Waals surface area contributed by atoms with E-state index in [0.717, 1.165) is 0 Å². The van der Waals surface area contributed by atoms with E-state index in [4.69, 9.17) is 0 Å². The monoisotopic (exact) mass is 289 g/mol. The van der Waals surface area contributed by atoms with Crippen LogP contribution in [0.3, 0.4) is 0 Å². The number of nitrogens with one attached hydrogen (secondary N) is 2. The Bertz CT molecular complexity index is 637. The van der Waals surface area contributed by atoms with Crippen LogP contribution in [0.2, 0.25) is 0 Å². The zero-order valence-electron chi connectivity index (χ0n) is 10.1. The highest BCUT2D eigenvalue weighted by Crippen LogP contribution is 2.24. The molecule has 1 aromatic heterocycles. The molecular weight excluding hydrogens is 281 g/mol. The molecule has 0 aliphatic carbocycles. The molecule has 0 saturated carbocycles. The molecule has 0 unspecified atom stereocenters. The molecule has 0 bridgehead atoms. The van der Waals surface area contributed by atoms with Crippen LogP contribution in [-0.4, -0.2) is 12.0 Å². The summed E-state index contributed by atoms with van der Waals surface area (Å²) in [5.41, 5.74) is -0.263. The largest absolute Gasteiger partial charge is 0.371 e. The third-order valence-corrected chi connectivity index (χ3v) is 2.41. The highest BCUT2D eigenvalue weighted by molar-refractivity contribution is 5.59. The number of hydrogen-bond acceptors (Lipinski definition) is 3. The quantitative estimate of drug-likeness (QED) is 0.670. The van der Waals surface area contributed by atoms with Crippen LogP contribution in [0, 0.1) is 29.1 Å². The van der Waals surface area contributed by atoms with Gasteiger partial charge in [-0.25, -0.2) is 26.9 Å². The van der Waals surface area contributed by atoms with Crippen LogP contribution in [0.15, 0.2) is 18.2 Å². The Morgan fingerprint density at radius 3 is 1.90 bits per heavy atom. The van der Waals surface area contributed by atoms with Crippen LogP contribution in [0.5, 0.6) is 0 Å². The van der Waals surface area contributed by atoms with Crippen LogP contribution in [-0.2, 0) is 0 Å². The Balaban J connectivity index is 2.39. The predicted octanol–water partition coefficient (Wildman–Crippen LogP) is 3.56. The number of nitrogens with zero attached hydrogens (tertiary/aromatic N) is 1. The fraction of sp³-hybridized carbons (Fsp3) is 0.0833. The number of anilines is 3. The summed E-state index contributed by atoms with van der Waals surface area (Å²) in [5, 5.41) is 4.62. The SMILES string of the molecule is CNc1nc(Nc2cc(F)c(F)c(F)c2)c(F)cc1F. The first-order valence-corrected chi connectivity index (χ1v) is 5.37. The lowest BCUT2D eigenvalue weighted by molar-refractivity contribution is 0.448. The topological polar surface area (TPSA) is 37.0 Å². The molecule has 0 fully saturated rings.